The van der Waals surface area contributed by atoms with Crippen LogP contribution in [0.2, 0.25) is 0 Å². The lowest BCUT2D eigenvalue weighted by atomic mass is 10.1. The Morgan fingerprint density at radius 3 is 2.41 bits per heavy atom. The first-order valence-electron chi connectivity index (χ1n) is 9.28. The fourth-order valence-electron chi connectivity index (χ4n) is 2.71. The predicted octanol–water partition coefficient (Wildman–Crippen LogP) is 3.08. The lowest BCUT2D eigenvalue weighted by Gasteiger charge is -2.08. The molecule has 0 unspecified atom stereocenters. The number of amides is 1. The number of anilines is 1. The zero-order valence-corrected chi connectivity index (χ0v) is 16.5. The van der Waals surface area contributed by atoms with Gasteiger partial charge in [-0.2, -0.15) is 0 Å². The van der Waals surface area contributed by atoms with Crippen LogP contribution in [0.4, 0.5) is 5.82 Å². The Hall–Kier alpha value is -3.61. The molecule has 29 heavy (non-hydrogen) atoms. The molecule has 2 aromatic carbocycles. The lowest BCUT2D eigenvalue weighted by molar-refractivity contribution is 0.0949. The van der Waals surface area contributed by atoms with E-state index in [0.717, 1.165) is 22.6 Å². The van der Waals surface area contributed by atoms with Crippen molar-refractivity contribution in [2.24, 2.45) is 0 Å². The maximum Gasteiger partial charge on any atom is 0.271 e. The van der Waals surface area contributed by atoms with Crippen LogP contribution in [0.3, 0.4) is 0 Å². The molecule has 0 saturated carbocycles. The standard InChI is InChI=1S/C22H24N4O3/c1-28-18-8-6-17(7-9-18)13-25-21-15-24-20(14-26-21)22(27)23-11-10-16-4-3-5-19(12-16)29-2/h3-9,12,14-15H,10-11,13H2,1-2H3,(H,23,27)(H,25,26). The van der Waals surface area contributed by atoms with Gasteiger partial charge in [0.1, 0.15) is 23.0 Å². The maximum absolute atomic E-state index is 12.2. The van der Waals surface area contributed by atoms with Crippen molar-refractivity contribution in [3.05, 3.63) is 77.7 Å². The van der Waals surface area contributed by atoms with Crippen molar-refractivity contribution < 1.29 is 14.3 Å². The summed E-state index contributed by atoms with van der Waals surface area (Å²) in [6, 6.07) is 15.5. The number of rotatable bonds is 9. The SMILES string of the molecule is COc1ccc(CNc2cnc(C(=O)NCCc3cccc(OC)c3)cn2)cc1. The highest BCUT2D eigenvalue weighted by atomic mass is 16.5. The van der Waals surface area contributed by atoms with Gasteiger partial charge >= 0.3 is 0 Å². The highest BCUT2D eigenvalue weighted by molar-refractivity contribution is 5.92. The van der Waals surface area contributed by atoms with Crippen LogP contribution in [0.15, 0.2) is 60.9 Å². The molecule has 1 aromatic heterocycles. The molecular weight excluding hydrogens is 368 g/mol. The third kappa shape index (κ3) is 5.93. The summed E-state index contributed by atoms with van der Waals surface area (Å²) in [6.07, 6.45) is 3.73. The largest absolute Gasteiger partial charge is 0.497 e. The topological polar surface area (TPSA) is 85.4 Å². The van der Waals surface area contributed by atoms with Crippen LogP contribution in [-0.4, -0.2) is 36.6 Å². The van der Waals surface area contributed by atoms with Gasteiger partial charge in [0.2, 0.25) is 0 Å². The summed E-state index contributed by atoms with van der Waals surface area (Å²) < 4.78 is 10.3. The van der Waals surface area contributed by atoms with Crippen LogP contribution in [0.5, 0.6) is 11.5 Å². The molecule has 7 heteroatoms. The average Bonchev–Trinajstić information content (AvgIpc) is 2.78. The van der Waals surface area contributed by atoms with Crippen LogP contribution < -0.4 is 20.1 Å². The highest BCUT2D eigenvalue weighted by Crippen LogP contribution is 2.13. The number of ether oxygens (including phenoxy) is 2. The number of nitrogens with zero attached hydrogens (tertiary/aromatic N) is 2. The Bertz CT molecular complexity index is 928. The summed E-state index contributed by atoms with van der Waals surface area (Å²) in [7, 11) is 3.27. The third-order valence-corrected chi connectivity index (χ3v) is 4.35. The second kappa shape index (κ2) is 10.1. The van der Waals surface area contributed by atoms with E-state index < -0.39 is 0 Å². The van der Waals surface area contributed by atoms with Crippen molar-refractivity contribution in [1.82, 2.24) is 15.3 Å². The van der Waals surface area contributed by atoms with Gasteiger partial charge in [-0.25, -0.2) is 9.97 Å². The summed E-state index contributed by atoms with van der Waals surface area (Å²) in [5.41, 5.74) is 2.46. The second-order valence-corrected chi connectivity index (χ2v) is 6.35. The number of hydrogen-bond acceptors (Lipinski definition) is 6. The molecule has 0 radical (unpaired) electrons. The number of nitrogens with one attached hydrogen (secondary N) is 2. The first kappa shape index (κ1) is 20.1. The Morgan fingerprint density at radius 1 is 0.931 bits per heavy atom. The molecule has 0 aliphatic heterocycles. The normalized spacial score (nSPS) is 10.3. The number of carbonyl (C=O) groups is 1. The average molecular weight is 392 g/mol. The van der Waals surface area contributed by atoms with Gasteiger partial charge in [0.15, 0.2) is 0 Å². The predicted molar refractivity (Wildman–Crippen MR) is 111 cm³/mol. The van der Waals surface area contributed by atoms with Crippen LogP contribution in [0.25, 0.3) is 0 Å². The number of methoxy groups -OCH3 is 2. The van der Waals surface area contributed by atoms with Crippen molar-refractivity contribution in [2.45, 2.75) is 13.0 Å². The quantitative estimate of drug-likeness (QED) is 0.582. The van der Waals surface area contributed by atoms with E-state index in [2.05, 4.69) is 20.6 Å². The molecule has 2 N–H and O–H groups in total. The molecule has 0 fully saturated rings. The van der Waals surface area contributed by atoms with Crippen LogP contribution in [-0.2, 0) is 13.0 Å². The molecule has 3 aromatic rings. The van der Waals surface area contributed by atoms with E-state index in [-0.39, 0.29) is 11.6 Å². The zero-order chi connectivity index (χ0) is 20.5. The smallest absolute Gasteiger partial charge is 0.271 e. The van der Waals surface area contributed by atoms with Crippen molar-refractivity contribution in [3.63, 3.8) is 0 Å². The molecule has 0 saturated heterocycles. The van der Waals surface area contributed by atoms with Crippen LogP contribution in [0.1, 0.15) is 21.6 Å². The zero-order valence-electron chi connectivity index (χ0n) is 16.5. The first-order valence-corrected chi connectivity index (χ1v) is 9.28. The maximum atomic E-state index is 12.2. The van der Waals surface area contributed by atoms with Gasteiger partial charge in [-0.3, -0.25) is 4.79 Å². The lowest BCUT2D eigenvalue weighted by Crippen LogP contribution is -2.26. The molecule has 0 aliphatic rings. The summed E-state index contributed by atoms with van der Waals surface area (Å²) in [5.74, 6) is 1.98. The first-order chi connectivity index (χ1) is 14.2. The van der Waals surface area contributed by atoms with Gasteiger partial charge in [0.05, 0.1) is 26.6 Å². The van der Waals surface area contributed by atoms with Gasteiger partial charge in [-0.1, -0.05) is 24.3 Å². The third-order valence-electron chi connectivity index (χ3n) is 4.35. The molecular formula is C22H24N4O3. The Labute approximate surface area is 170 Å². The molecule has 0 aliphatic carbocycles. The summed E-state index contributed by atoms with van der Waals surface area (Å²) in [6.45, 7) is 1.11. The van der Waals surface area contributed by atoms with Crippen molar-refractivity contribution in [2.75, 3.05) is 26.1 Å². The Morgan fingerprint density at radius 2 is 1.72 bits per heavy atom. The fraction of sp³-hybridized carbons (Fsp3) is 0.227. The molecule has 1 amide bonds. The van der Waals surface area contributed by atoms with Gasteiger partial charge in [-0.05, 0) is 41.8 Å². The number of aromatic nitrogens is 2. The Balaban J connectivity index is 1.46. The summed E-state index contributed by atoms with van der Waals surface area (Å²) in [5, 5.41) is 6.04. The van der Waals surface area contributed by atoms with E-state index >= 15 is 0 Å². The van der Waals surface area contributed by atoms with Gasteiger partial charge < -0.3 is 20.1 Å². The van der Waals surface area contributed by atoms with Crippen LogP contribution >= 0.6 is 0 Å². The van der Waals surface area contributed by atoms with Gasteiger partial charge in [0, 0.05) is 13.1 Å². The molecule has 1 heterocycles. The molecule has 0 spiro atoms. The van der Waals surface area contributed by atoms with Gasteiger partial charge in [-0.15, -0.1) is 0 Å². The van der Waals surface area contributed by atoms with Crippen molar-refractivity contribution in [3.8, 4) is 11.5 Å². The van der Waals surface area contributed by atoms with E-state index in [0.29, 0.717) is 25.3 Å². The minimum Gasteiger partial charge on any atom is -0.497 e. The molecule has 150 valence electrons. The molecule has 0 bridgehead atoms. The fourth-order valence-corrected chi connectivity index (χ4v) is 2.71. The minimum absolute atomic E-state index is 0.248. The van der Waals surface area contributed by atoms with Crippen LogP contribution in [0, 0.1) is 0 Å². The van der Waals surface area contributed by atoms with E-state index in [4.69, 9.17) is 9.47 Å². The monoisotopic (exact) mass is 392 g/mol. The highest BCUT2D eigenvalue weighted by Gasteiger charge is 2.08. The summed E-state index contributed by atoms with van der Waals surface area (Å²) in [4.78, 5) is 20.7. The number of benzene rings is 2. The van der Waals surface area contributed by atoms with E-state index in [9.17, 15) is 4.79 Å². The van der Waals surface area contributed by atoms with Crippen molar-refractivity contribution in [1.29, 1.82) is 0 Å². The molecule has 0 atom stereocenters. The summed E-state index contributed by atoms with van der Waals surface area (Å²) >= 11 is 0. The Kier molecular flexibility index (Phi) is 7.00. The van der Waals surface area contributed by atoms with E-state index in [1.807, 2.05) is 48.5 Å². The molecule has 3 rings (SSSR count). The molecule has 7 nitrogen and oxygen atoms in total. The van der Waals surface area contributed by atoms with E-state index in [1.54, 1.807) is 20.4 Å². The van der Waals surface area contributed by atoms with E-state index in [1.165, 1.54) is 6.20 Å². The second-order valence-electron chi connectivity index (χ2n) is 6.35. The van der Waals surface area contributed by atoms with Gasteiger partial charge in [0.25, 0.3) is 5.91 Å². The number of carbonyl (C=O) groups excluding carboxylic acids is 1. The number of hydrogen-bond donors (Lipinski definition) is 2. The minimum atomic E-state index is -0.248. The van der Waals surface area contributed by atoms with Crippen molar-refractivity contribution >= 4 is 11.7 Å².